The molecule has 3 amide bonds. The maximum absolute atomic E-state index is 13.0. The largest absolute Gasteiger partial charge is 0.350 e. The molecule has 0 atom stereocenters. The molecule has 0 saturated carbocycles. The van der Waals surface area contributed by atoms with Crippen LogP contribution in [0.3, 0.4) is 0 Å². The fraction of sp³-hybridized carbons (Fsp3) is 0.179. The Bertz CT molecular complexity index is 1340. The van der Waals surface area contributed by atoms with Crippen LogP contribution in [0.25, 0.3) is 0 Å². The van der Waals surface area contributed by atoms with Gasteiger partial charge in [-0.3, -0.25) is 14.4 Å². The van der Waals surface area contributed by atoms with Crippen molar-refractivity contribution in [3.63, 3.8) is 0 Å². The van der Waals surface area contributed by atoms with E-state index in [1.807, 2.05) is 44.2 Å². The summed E-state index contributed by atoms with van der Waals surface area (Å²) in [5, 5.41) is 5.68. The van der Waals surface area contributed by atoms with Crippen LogP contribution < -0.4 is 15.5 Å². The zero-order valence-electron chi connectivity index (χ0n) is 20.0. The van der Waals surface area contributed by atoms with Gasteiger partial charge in [-0.15, -0.1) is 0 Å². The van der Waals surface area contributed by atoms with Crippen LogP contribution in [0.15, 0.2) is 77.5 Å². The number of amides is 3. The first-order chi connectivity index (χ1) is 16.7. The maximum Gasteiger partial charge on any atom is 0.283 e. The predicted octanol–water partition coefficient (Wildman–Crippen LogP) is 6.11. The van der Waals surface area contributed by atoms with E-state index in [4.69, 9.17) is 11.6 Å². The Hall–Kier alpha value is -3.90. The quantitative estimate of drug-likeness (QED) is 0.411. The van der Waals surface area contributed by atoms with E-state index >= 15 is 0 Å². The minimum atomic E-state index is -0.582. The van der Waals surface area contributed by atoms with Gasteiger partial charge in [-0.1, -0.05) is 49.7 Å². The zero-order valence-corrected chi connectivity index (χ0v) is 20.7. The number of hydrogen-bond acceptors (Lipinski definition) is 4. The standard InChI is InChI=1S/C28H26ClN3O3/c1-16(2)19-10-14-22(15-11-19)32-27(34)24(29)25(28(32)35)30-21-12-8-20(9-13-21)26(33)31-23-7-5-6-17(3)18(23)4/h5-16,30H,1-4H3,(H,31,33). The van der Waals surface area contributed by atoms with E-state index < -0.39 is 11.8 Å². The summed E-state index contributed by atoms with van der Waals surface area (Å²) < 4.78 is 0. The minimum Gasteiger partial charge on any atom is -0.350 e. The number of nitrogens with zero attached hydrogens (tertiary/aromatic N) is 1. The molecule has 0 fully saturated rings. The maximum atomic E-state index is 13.0. The number of carbonyl (C=O) groups excluding carboxylic acids is 3. The molecule has 35 heavy (non-hydrogen) atoms. The fourth-order valence-electron chi connectivity index (χ4n) is 3.78. The molecule has 0 unspecified atom stereocenters. The third-order valence-electron chi connectivity index (χ3n) is 6.11. The van der Waals surface area contributed by atoms with Gasteiger partial charge in [0.1, 0.15) is 10.7 Å². The van der Waals surface area contributed by atoms with Gasteiger partial charge in [-0.25, -0.2) is 4.90 Å². The van der Waals surface area contributed by atoms with Crippen molar-refractivity contribution in [1.82, 2.24) is 0 Å². The van der Waals surface area contributed by atoms with Crippen molar-refractivity contribution >= 4 is 46.4 Å². The van der Waals surface area contributed by atoms with Crippen LogP contribution in [0.5, 0.6) is 0 Å². The number of rotatable bonds is 6. The number of nitrogens with one attached hydrogen (secondary N) is 2. The summed E-state index contributed by atoms with van der Waals surface area (Å²) in [5.41, 5.74) is 5.39. The number of imide groups is 1. The molecular formula is C28H26ClN3O3. The van der Waals surface area contributed by atoms with Gasteiger partial charge < -0.3 is 10.6 Å². The topological polar surface area (TPSA) is 78.5 Å². The molecule has 1 aliphatic rings. The van der Waals surface area contributed by atoms with Gasteiger partial charge >= 0.3 is 0 Å². The molecule has 3 aromatic rings. The van der Waals surface area contributed by atoms with E-state index in [2.05, 4.69) is 24.5 Å². The van der Waals surface area contributed by atoms with Gasteiger partial charge in [0.2, 0.25) is 0 Å². The van der Waals surface area contributed by atoms with E-state index in [-0.39, 0.29) is 16.6 Å². The van der Waals surface area contributed by atoms with E-state index in [1.165, 1.54) is 0 Å². The number of halogens is 1. The molecule has 0 bridgehead atoms. The summed E-state index contributed by atoms with van der Waals surface area (Å²) in [5.74, 6) is -1.03. The number of aryl methyl sites for hydroxylation is 1. The zero-order chi connectivity index (χ0) is 25.3. The van der Waals surface area contributed by atoms with Gasteiger partial charge in [-0.2, -0.15) is 0 Å². The molecule has 7 heteroatoms. The molecule has 0 aliphatic carbocycles. The summed E-state index contributed by atoms with van der Waals surface area (Å²) in [4.78, 5) is 39.5. The highest BCUT2D eigenvalue weighted by atomic mass is 35.5. The lowest BCUT2D eigenvalue weighted by Gasteiger charge is -2.16. The Labute approximate surface area is 209 Å². The van der Waals surface area contributed by atoms with Crippen LogP contribution in [0.1, 0.15) is 46.8 Å². The summed E-state index contributed by atoms with van der Waals surface area (Å²) in [6.07, 6.45) is 0. The minimum absolute atomic E-state index is 0.00260. The lowest BCUT2D eigenvalue weighted by molar-refractivity contribution is -0.120. The average molecular weight is 488 g/mol. The number of hydrogen-bond donors (Lipinski definition) is 2. The Kier molecular flexibility index (Phi) is 6.76. The molecular weight excluding hydrogens is 462 g/mol. The second-order valence-corrected chi connectivity index (χ2v) is 9.16. The van der Waals surface area contributed by atoms with Crippen LogP contribution in [-0.2, 0) is 9.59 Å². The van der Waals surface area contributed by atoms with E-state index in [9.17, 15) is 14.4 Å². The summed E-state index contributed by atoms with van der Waals surface area (Å²) in [6, 6.07) is 19.6. The number of anilines is 3. The van der Waals surface area contributed by atoms with Gasteiger partial charge in [0, 0.05) is 16.9 Å². The molecule has 0 aromatic heterocycles. The van der Waals surface area contributed by atoms with Crippen molar-refractivity contribution in [2.45, 2.75) is 33.6 Å². The Morgan fingerprint density at radius 2 is 1.54 bits per heavy atom. The highest BCUT2D eigenvalue weighted by Crippen LogP contribution is 2.31. The normalized spacial score (nSPS) is 13.6. The first-order valence-corrected chi connectivity index (χ1v) is 11.7. The fourth-order valence-corrected chi connectivity index (χ4v) is 4.00. The van der Waals surface area contributed by atoms with Gasteiger partial charge in [0.25, 0.3) is 17.7 Å². The van der Waals surface area contributed by atoms with Gasteiger partial charge in [0.05, 0.1) is 5.69 Å². The van der Waals surface area contributed by atoms with Crippen molar-refractivity contribution in [2.24, 2.45) is 0 Å². The van der Waals surface area contributed by atoms with Crippen LogP contribution in [-0.4, -0.2) is 17.7 Å². The molecule has 0 saturated heterocycles. The van der Waals surface area contributed by atoms with Crippen LogP contribution in [0.4, 0.5) is 17.1 Å². The molecule has 3 aromatic carbocycles. The van der Waals surface area contributed by atoms with Crippen LogP contribution >= 0.6 is 11.6 Å². The molecule has 1 aliphatic heterocycles. The highest BCUT2D eigenvalue weighted by molar-refractivity contribution is 6.53. The van der Waals surface area contributed by atoms with E-state index in [1.54, 1.807) is 36.4 Å². The van der Waals surface area contributed by atoms with Crippen LogP contribution in [0.2, 0.25) is 0 Å². The molecule has 0 spiro atoms. The molecule has 2 N–H and O–H groups in total. The smallest absolute Gasteiger partial charge is 0.283 e. The number of benzene rings is 3. The monoisotopic (exact) mass is 487 g/mol. The lowest BCUT2D eigenvalue weighted by Crippen LogP contribution is -2.32. The Balaban J connectivity index is 1.48. The summed E-state index contributed by atoms with van der Waals surface area (Å²) in [6.45, 7) is 8.08. The van der Waals surface area contributed by atoms with E-state index in [0.717, 1.165) is 27.3 Å². The molecule has 1 heterocycles. The summed E-state index contributed by atoms with van der Waals surface area (Å²) in [7, 11) is 0. The highest BCUT2D eigenvalue weighted by Gasteiger charge is 2.39. The third kappa shape index (κ3) is 4.84. The molecule has 4 rings (SSSR count). The number of carbonyl (C=O) groups is 3. The molecule has 0 radical (unpaired) electrons. The Morgan fingerprint density at radius 3 is 2.17 bits per heavy atom. The van der Waals surface area contributed by atoms with Crippen molar-refractivity contribution < 1.29 is 14.4 Å². The van der Waals surface area contributed by atoms with Crippen molar-refractivity contribution in [1.29, 1.82) is 0 Å². The van der Waals surface area contributed by atoms with Crippen LogP contribution in [0, 0.1) is 13.8 Å². The second-order valence-electron chi connectivity index (χ2n) is 8.78. The molecule has 6 nitrogen and oxygen atoms in total. The predicted molar refractivity (Wildman–Crippen MR) is 140 cm³/mol. The van der Waals surface area contributed by atoms with Gasteiger partial charge in [-0.05, 0) is 78.9 Å². The lowest BCUT2D eigenvalue weighted by atomic mass is 10.0. The Morgan fingerprint density at radius 1 is 0.886 bits per heavy atom. The van der Waals surface area contributed by atoms with Gasteiger partial charge in [0.15, 0.2) is 0 Å². The van der Waals surface area contributed by atoms with Crippen molar-refractivity contribution in [2.75, 3.05) is 15.5 Å². The van der Waals surface area contributed by atoms with Crippen molar-refractivity contribution in [3.05, 3.63) is 99.7 Å². The first kappa shape index (κ1) is 24.2. The van der Waals surface area contributed by atoms with Crippen molar-refractivity contribution in [3.8, 4) is 0 Å². The summed E-state index contributed by atoms with van der Waals surface area (Å²) >= 11 is 6.24. The third-order valence-corrected chi connectivity index (χ3v) is 6.47. The first-order valence-electron chi connectivity index (χ1n) is 11.3. The average Bonchev–Trinajstić information content (AvgIpc) is 3.05. The second kappa shape index (κ2) is 9.76. The van der Waals surface area contributed by atoms with E-state index in [0.29, 0.717) is 22.9 Å². The SMILES string of the molecule is Cc1cccc(NC(=O)c2ccc(NC3=C(Cl)C(=O)N(c4ccc(C(C)C)cc4)C3=O)cc2)c1C. The molecule has 178 valence electrons.